The maximum Gasteiger partial charge on any atom is 0.346 e. The largest absolute Gasteiger partial charge is 0.477 e. The highest BCUT2D eigenvalue weighted by molar-refractivity contribution is 7.92. The van der Waals surface area contributed by atoms with Crippen molar-refractivity contribution in [2.75, 3.05) is 10.5 Å². The van der Waals surface area contributed by atoms with Gasteiger partial charge in [0.25, 0.3) is 0 Å². The van der Waals surface area contributed by atoms with E-state index in [4.69, 9.17) is 5.11 Å². The Hall–Kier alpha value is -1.86. The lowest BCUT2D eigenvalue weighted by atomic mass is 10.2. The minimum absolute atomic E-state index is 0.0453. The number of hydrogen-bond donors (Lipinski definition) is 2. The molecule has 1 aromatic carbocycles. The quantitative estimate of drug-likeness (QED) is 0.855. The van der Waals surface area contributed by atoms with Gasteiger partial charge >= 0.3 is 5.97 Å². The van der Waals surface area contributed by atoms with E-state index < -0.39 is 16.0 Å². The highest BCUT2D eigenvalue weighted by Gasteiger charge is 2.16. The minimum Gasteiger partial charge on any atom is -0.477 e. The van der Waals surface area contributed by atoms with Gasteiger partial charge in [0.1, 0.15) is 9.88 Å². The fourth-order valence-corrected chi connectivity index (χ4v) is 4.13. The molecule has 2 aromatic rings. The molecular weight excluding hydrogens is 310 g/mol. The Morgan fingerprint density at radius 2 is 1.95 bits per heavy atom. The molecular formula is C14H15NO4S2. The highest BCUT2D eigenvalue weighted by atomic mass is 32.2. The summed E-state index contributed by atoms with van der Waals surface area (Å²) in [7, 11) is -3.49. The van der Waals surface area contributed by atoms with E-state index in [9.17, 15) is 13.2 Å². The maximum absolute atomic E-state index is 12.0. The first-order valence-electron chi connectivity index (χ1n) is 6.25. The third kappa shape index (κ3) is 4.30. The molecule has 0 fully saturated rings. The first kappa shape index (κ1) is 15.5. The monoisotopic (exact) mass is 325 g/mol. The number of aryl methyl sites for hydroxylation is 2. The number of aromatic carboxylic acids is 1. The van der Waals surface area contributed by atoms with Crippen molar-refractivity contribution in [2.24, 2.45) is 0 Å². The first-order chi connectivity index (χ1) is 9.87. The van der Waals surface area contributed by atoms with Crippen LogP contribution in [0.25, 0.3) is 0 Å². The van der Waals surface area contributed by atoms with Crippen molar-refractivity contribution in [1.29, 1.82) is 0 Å². The van der Waals surface area contributed by atoms with Crippen molar-refractivity contribution < 1.29 is 18.3 Å². The van der Waals surface area contributed by atoms with Gasteiger partial charge in [0, 0.05) is 0 Å². The van der Waals surface area contributed by atoms with Crippen LogP contribution in [0.4, 0.5) is 5.00 Å². The summed E-state index contributed by atoms with van der Waals surface area (Å²) in [6, 6.07) is 10.9. The van der Waals surface area contributed by atoms with Gasteiger partial charge in [-0.15, -0.1) is 11.3 Å². The molecule has 5 nitrogen and oxygen atoms in total. The van der Waals surface area contributed by atoms with Crippen LogP contribution in [-0.4, -0.2) is 25.2 Å². The smallest absolute Gasteiger partial charge is 0.346 e. The number of carboxylic acid groups (broad SMARTS) is 1. The van der Waals surface area contributed by atoms with Crippen LogP contribution in [-0.2, 0) is 16.4 Å². The molecule has 0 radical (unpaired) electrons. The van der Waals surface area contributed by atoms with Crippen LogP contribution in [0.3, 0.4) is 0 Å². The molecule has 0 bridgehead atoms. The van der Waals surface area contributed by atoms with Crippen molar-refractivity contribution in [2.45, 2.75) is 13.3 Å². The maximum atomic E-state index is 12.0. The van der Waals surface area contributed by atoms with Gasteiger partial charge in [-0.1, -0.05) is 30.3 Å². The SMILES string of the molecule is Cc1cc(NS(=O)(=O)CCc2ccccc2)sc1C(=O)O. The van der Waals surface area contributed by atoms with Crippen molar-refractivity contribution >= 4 is 32.3 Å². The van der Waals surface area contributed by atoms with Crippen LogP contribution < -0.4 is 4.72 Å². The Bertz CT molecular complexity index is 736. The van der Waals surface area contributed by atoms with Gasteiger partial charge in [-0.05, 0) is 30.5 Å². The Morgan fingerprint density at radius 1 is 1.29 bits per heavy atom. The average molecular weight is 325 g/mol. The van der Waals surface area contributed by atoms with E-state index in [1.807, 2.05) is 30.3 Å². The molecule has 0 aliphatic rings. The summed E-state index contributed by atoms with van der Waals surface area (Å²) >= 11 is 0.926. The summed E-state index contributed by atoms with van der Waals surface area (Å²) in [4.78, 5) is 11.1. The molecule has 1 aromatic heterocycles. The lowest BCUT2D eigenvalue weighted by Crippen LogP contribution is -2.17. The van der Waals surface area contributed by atoms with Gasteiger partial charge in [0.15, 0.2) is 0 Å². The lowest BCUT2D eigenvalue weighted by Gasteiger charge is -2.05. The number of anilines is 1. The minimum atomic E-state index is -3.49. The normalized spacial score (nSPS) is 11.3. The fourth-order valence-electron chi connectivity index (χ4n) is 1.85. The molecule has 0 aliphatic carbocycles. The van der Waals surface area contributed by atoms with Crippen molar-refractivity contribution in [1.82, 2.24) is 0 Å². The number of benzene rings is 1. The molecule has 0 saturated heterocycles. The molecule has 112 valence electrons. The van der Waals surface area contributed by atoms with Gasteiger partial charge in [-0.25, -0.2) is 13.2 Å². The van der Waals surface area contributed by atoms with Gasteiger partial charge < -0.3 is 5.11 Å². The van der Waals surface area contributed by atoms with E-state index >= 15 is 0 Å². The zero-order valence-corrected chi connectivity index (χ0v) is 13.0. The third-order valence-corrected chi connectivity index (χ3v) is 5.41. The summed E-state index contributed by atoms with van der Waals surface area (Å²) in [5, 5.41) is 9.29. The molecule has 7 heteroatoms. The average Bonchev–Trinajstić information content (AvgIpc) is 2.78. The second kappa shape index (κ2) is 6.28. The van der Waals surface area contributed by atoms with Crippen molar-refractivity contribution in [3.63, 3.8) is 0 Å². The van der Waals surface area contributed by atoms with Crippen LogP contribution in [0.15, 0.2) is 36.4 Å². The molecule has 0 atom stereocenters. The predicted molar refractivity (Wildman–Crippen MR) is 83.6 cm³/mol. The first-order valence-corrected chi connectivity index (χ1v) is 8.72. The Kier molecular flexibility index (Phi) is 4.64. The Balaban J connectivity index is 2.04. The van der Waals surface area contributed by atoms with Crippen LogP contribution in [0.2, 0.25) is 0 Å². The number of hydrogen-bond acceptors (Lipinski definition) is 4. The van der Waals surface area contributed by atoms with E-state index in [0.717, 1.165) is 16.9 Å². The number of thiophene rings is 1. The zero-order chi connectivity index (χ0) is 15.5. The summed E-state index contributed by atoms with van der Waals surface area (Å²) in [5.41, 5.74) is 1.49. The van der Waals surface area contributed by atoms with Gasteiger partial charge in [-0.3, -0.25) is 4.72 Å². The summed E-state index contributed by atoms with van der Waals surface area (Å²) in [6.07, 6.45) is 0.409. The molecule has 0 amide bonds. The number of carbonyl (C=O) groups is 1. The number of sulfonamides is 1. The van der Waals surface area contributed by atoms with E-state index in [0.29, 0.717) is 17.0 Å². The highest BCUT2D eigenvalue weighted by Crippen LogP contribution is 2.27. The predicted octanol–water partition coefficient (Wildman–Crippen LogP) is 2.74. The summed E-state index contributed by atoms with van der Waals surface area (Å²) in [6.45, 7) is 1.64. The van der Waals surface area contributed by atoms with E-state index in [-0.39, 0.29) is 10.6 Å². The van der Waals surface area contributed by atoms with Crippen LogP contribution in [0.5, 0.6) is 0 Å². The van der Waals surface area contributed by atoms with Crippen molar-refractivity contribution in [3.05, 3.63) is 52.4 Å². The molecule has 2 N–H and O–H groups in total. The third-order valence-electron chi connectivity index (χ3n) is 2.87. The second-order valence-electron chi connectivity index (χ2n) is 4.58. The number of nitrogens with one attached hydrogen (secondary N) is 1. The van der Waals surface area contributed by atoms with Crippen molar-refractivity contribution in [3.8, 4) is 0 Å². The Labute approximate surface area is 127 Å². The topological polar surface area (TPSA) is 83.5 Å². The van der Waals surface area contributed by atoms with Gasteiger partial charge in [-0.2, -0.15) is 0 Å². The molecule has 0 spiro atoms. The molecule has 1 heterocycles. The molecule has 0 aliphatic heterocycles. The van der Waals surface area contributed by atoms with Crippen LogP contribution >= 0.6 is 11.3 Å². The van der Waals surface area contributed by atoms with Crippen LogP contribution in [0.1, 0.15) is 20.8 Å². The molecule has 21 heavy (non-hydrogen) atoms. The van der Waals surface area contributed by atoms with E-state index in [1.54, 1.807) is 6.92 Å². The van der Waals surface area contributed by atoms with Crippen LogP contribution in [0, 0.1) is 6.92 Å². The molecule has 2 rings (SSSR count). The second-order valence-corrected chi connectivity index (χ2v) is 7.48. The Morgan fingerprint density at radius 3 is 2.52 bits per heavy atom. The standard InChI is InChI=1S/C14H15NO4S2/c1-10-9-12(20-13(10)14(16)17)15-21(18,19)8-7-11-5-3-2-4-6-11/h2-6,9,15H,7-8H2,1H3,(H,16,17). The fraction of sp³-hybridized carbons (Fsp3) is 0.214. The van der Waals surface area contributed by atoms with E-state index in [2.05, 4.69) is 4.72 Å². The zero-order valence-electron chi connectivity index (χ0n) is 11.4. The summed E-state index contributed by atoms with van der Waals surface area (Å²) < 4.78 is 26.5. The lowest BCUT2D eigenvalue weighted by molar-refractivity contribution is 0.0701. The molecule has 0 saturated carbocycles. The summed E-state index contributed by atoms with van der Waals surface area (Å²) in [5.74, 6) is -1.09. The molecule has 0 unspecified atom stereocenters. The van der Waals surface area contributed by atoms with Gasteiger partial charge in [0.2, 0.25) is 10.0 Å². The van der Waals surface area contributed by atoms with E-state index in [1.165, 1.54) is 6.07 Å². The number of carboxylic acids is 1. The van der Waals surface area contributed by atoms with Gasteiger partial charge in [0.05, 0.1) is 5.75 Å². The number of rotatable bonds is 6.